The molecule has 2 saturated heterocycles. The van der Waals surface area contributed by atoms with Gasteiger partial charge in [-0.15, -0.1) is 0 Å². The van der Waals surface area contributed by atoms with Crippen LogP contribution in [0.1, 0.15) is 24.8 Å². The number of aliphatic hydroxyl groups excluding tert-OH is 1. The first kappa shape index (κ1) is 26.4. The van der Waals surface area contributed by atoms with E-state index in [9.17, 15) is 26.7 Å². The molecule has 2 aromatic heterocycles. The van der Waals surface area contributed by atoms with Crippen molar-refractivity contribution in [3.63, 3.8) is 0 Å². The Labute approximate surface area is 219 Å². The summed E-state index contributed by atoms with van der Waals surface area (Å²) in [5.74, 6) is 1.09. The van der Waals surface area contributed by atoms with Gasteiger partial charge in [0.05, 0.1) is 22.6 Å². The molecular formula is C26H28F3N5O3S. The third-order valence-corrected chi connectivity index (χ3v) is 8.85. The van der Waals surface area contributed by atoms with Crippen LogP contribution in [-0.2, 0) is 16.2 Å². The monoisotopic (exact) mass is 547 g/mol. The van der Waals surface area contributed by atoms with E-state index >= 15 is 0 Å². The van der Waals surface area contributed by atoms with Crippen LogP contribution in [0.2, 0.25) is 0 Å². The number of β-amino-alcohol motifs (C(OH)–C–C–N with tert-alkyl or cyclic N) is 1. The maximum absolute atomic E-state index is 13.3. The number of alkyl halides is 3. The number of sulfonamides is 1. The van der Waals surface area contributed by atoms with E-state index in [0.717, 1.165) is 55.1 Å². The molecule has 0 spiro atoms. The number of aromatic nitrogens is 2. The van der Waals surface area contributed by atoms with Gasteiger partial charge in [-0.1, -0.05) is 12.1 Å². The largest absolute Gasteiger partial charge is 0.417 e. The second-order valence-electron chi connectivity index (χ2n) is 9.52. The molecule has 2 N–H and O–H groups in total. The molecule has 3 aromatic rings. The van der Waals surface area contributed by atoms with Crippen LogP contribution in [0.4, 0.5) is 24.8 Å². The van der Waals surface area contributed by atoms with Crippen molar-refractivity contribution in [2.75, 3.05) is 36.4 Å². The zero-order chi connectivity index (χ0) is 26.9. The molecule has 8 nitrogen and oxygen atoms in total. The zero-order valence-electron chi connectivity index (χ0n) is 20.5. The van der Waals surface area contributed by atoms with Crippen molar-refractivity contribution in [1.82, 2.24) is 14.3 Å². The minimum Gasteiger partial charge on any atom is -0.390 e. The standard InChI is InChI=1S/C26H28F3N5O3S/c27-26(28,29)20-5-8-24(31-16-20)32-22-10-14-34(17-23(22)35)38(36,37)21-6-3-18(4-7-21)19-9-11-30-25(15-19)33-12-1-2-13-33/h3-9,11,15-16,22-23,35H,1-2,10,12-14,17H2,(H,31,32)/t22-,23+/m1/s1. The van der Waals surface area contributed by atoms with E-state index in [0.29, 0.717) is 0 Å². The van der Waals surface area contributed by atoms with Crippen molar-refractivity contribution in [3.8, 4) is 11.1 Å². The summed E-state index contributed by atoms with van der Waals surface area (Å²) in [4.78, 5) is 10.6. The number of halogens is 3. The normalized spacial score (nSPS) is 21.0. The van der Waals surface area contributed by atoms with E-state index in [1.54, 1.807) is 30.5 Å². The Hall–Kier alpha value is -3.22. The third-order valence-electron chi connectivity index (χ3n) is 6.97. The Morgan fingerprint density at radius 1 is 0.947 bits per heavy atom. The molecule has 0 radical (unpaired) electrons. The summed E-state index contributed by atoms with van der Waals surface area (Å²) < 4.78 is 66.0. The number of nitrogens with one attached hydrogen (secondary N) is 1. The van der Waals surface area contributed by atoms with Gasteiger partial charge in [0.25, 0.3) is 0 Å². The highest BCUT2D eigenvalue weighted by Gasteiger charge is 2.35. The van der Waals surface area contributed by atoms with Crippen molar-refractivity contribution in [2.24, 2.45) is 0 Å². The number of piperidine rings is 1. The molecule has 0 aliphatic carbocycles. The maximum atomic E-state index is 13.3. The fourth-order valence-electron chi connectivity index (χ4n) is 4.81. The van der Waals surface area contributed by atoms with E-state index < -0.39 is 33.9 Å². The molecule has 38 heavy (non-hydrogen) atoms. The van der Waals surface area contributed by atoms with Crippen LogP contribution < -0.4 is 10.2 Å². The Balaban J connectivity index is 1.23. The summed E-state index contributed by atoms with van der Waals surface area (Å²) >= 11 is 0. The SMILES string of the molecule is O=S(=O)(c1ccc(-c2ccnc(N3CCCC3)c2)cc1)N1CC[C@@H](Nc2ccc(C(F)(F)F)cn2)[C@@H](O)C1. The average molecular weight is 548 g/mol. The molecule has 0 bridgehead atoms. The summed E-state index contributed by atoms with van der Waals surface area (Å²) in [7, 11) is -3.85. The third kappa shape index (κ3) is 5.62. The fraction of sp³-hybridized carbons (Fsp3) is 0.385. The van der Waals surface area contributed by atoms with Crippen LogP contribution in [0.5, 0.6) is 0 Å². The molecule has 2 aliphatic heterocycles. The van der Waals surface area contributed by atoms with Gasteiger partial charge >= 0.3 is 6.18 Å². The lowest BCUT2D eigenvalue weighted by Gasteiger charge is -2.35. The topological polar surface area (TPSA) is 98.7 Å². The van der Waals surface area contributed by atoms with Gasteiger partial charge in [-0.25, -0.2) is 18.4 Å². The molecular weight excluding hydrogens is 519 g/mol. The van der Waals surface area contributed by atoms with Crippen LogP contribution in [0.15, 0.2) is 65.8 Å². The van der Waals surface area contributed by atoms with E-state index in [1.165, 1.54) is 10.4 Å². The minimum atomic E-state index is -4.49. The summed E-state index contributed by atoms with van der Waals surface area (Å²) in [6.07, 6.45) is -0.527. The lowest BCUT2D eigenvalue weighted by molar-refractivity contribution is -0.137. The van der Waals surface area contributed by atoms with Crippen molar-refractivity contribution in [1.29, 1.82) is 0 Å². The maximum Gasteiger partial charge on any atom is 0.417 e. The van der Waals surface area contributed by atoms with Gasteiger partial charge in [-0.05, 0) is 66.8 Å². The molecule has 2 aliphatic rings. The summed E-state index contributed by atoms with van der Waals surface area (Å²) in [5, 5.41) is 13.5. The van der Waals surface area contributed by atoms with E-state index in [1.807, 2.05) is 12.1 Å². The number of hydrogen-bond donors (Lipinski definition) is 2. The van der Waals surface area contributed by atoms with E-state index in [4.69, 9.17) is 0 Å². The van der Waals surface area contributed by atoms with E-state index in [-0.39, 0.29) is 30.2 Å². The van der Waals surface area contributed by atoms with Crippen LogP contribution in [0.25, 0.3) is 11.1 Å². The highest BCUT2D eigenvalue weighted by atomic mass is 32.2. The zero-order valence-corrected chi connectivity index (χ0v) is 21.3. The Morgan fingerprint density at radius 3 is 2.32 bits per heavy atom. The molecule has 12 heteroatoms. The van der Waals surface area contributed by atoms with Gasteiger partial charge in [-0.3, -0.25) is 0 Å². The highest BCUT2D eigenvalue weighted by Crippen LogP contribution is 2.30. The predicted octanol–water partition coefficient (Wildman–Crippen LogP) is 4.00. The fourth-order valence-corrected chi connectivity index (χ4v) is 6.28. The molecule has 4 heterocycles. The van der Waals surface area contributed by atoms with E-state index in [2.05, 4.69) is 20.2 Å². The molecule has 5 rings (SSSR count). The molecule has 1 aromatic carbocycles. The number of benzene rings is 1. The first-order valence-corrected chi connectivity index (χ1v) is 13.8. The predicted molar refractivity (Wildman–Crippen MR) is 137 cm³/mol. The Bertz CT molecular complexity index is 1360. The van der Waals surface area contributed by atoms with Crippen molar-refractivity contribution >= 4 is 21.7 Å². The quantitative estimate of drug-likeness (QED) is 0.482. The number of pyridine rings is 2. The van der Waals surface area contributed by atoms with Crippen molar-refractivity contribution in [2.45, 2.75) is 42.5 Å². The van der Waals surface area contributed by atoms with Gasteiger partial charge in [0, 0.05) is 38.6 Å². The second kappa shape index (κ2) is 10.5. The smallest absolute Gasteiger partial charge is 0.390 e. The highest BCUT2D eigenvalue weighted by molar-refractivity contribution is 7.89. The number of rotatable bonds is 6. The molecule has 0 saturated carbocycles. The van der Waals surface area contributed by atoms with Crippen LogP contribution >= 0.6 is 0 Å². The Morgan fingerprint density at radius 2 is 1.68 bits per heavy atom. The first-order chi connectivity index (χ1) is 18.1. The molecule has 2 atom stereocenters. The lowest BCUT2D eigenvalue weighted by atomic mass is 10.0. The Kier molecular flexibility index (Phi) is 7.30. The van der Waals surface area contributed by atoms with Gasteiger partial charge < -0.3 is 15.3 Å². The van der Waals surface area contributed by atoms with Crippen LogP contribution in [0.3, 0.4) is 0 Å². The number of nitrogens with zero attached hydrogens (tertiary/aromatic N) is 4. The van der Waals surface area contributed by atoms with Crippen molar-refractivity contribution < 1.29 is 26.7 Å². The number of anilines is 2. The molecule has 202 valence electrons. The van der Waals surface area contributed by atoms with Gasteiger partial charge in [-0.2, -0.15) is 17.5 Å². The number of hydrogen-bond acceptors (Lipinski definition) is 7. The number of aliphatic hydroxyl groups is 1. The second-order valence-corrected chi connectivity index (χ2v) is 11.5. The summed E-state index contributed by atoms with van der Waals surface area (Å²) in [5.41, 5.74) is 0.954. The first-order valence-electron chi connectivity index (χ1n) is 12.4. The lowest BCUT2D eigenvalue weighted by Crippen LogP contribution is -2.51. The summed E-state index contributed by atoms with van der Waals surface area (Å²) in [6, 6.07) is 12.1. The molecule has 0 unspecified atom stereocenters. The average Bonchev–Trinajstić information content (AvgIpc) is 3.45. The minimum absolute atomic E-state index is 0.123. The van der Waals surface area contributed by atoms with Gasteiger partial charge in [0.1, 0.15) is 11.6 Å². The van der Waals surface area contributed by atoms with Crippen molar-refractivity contribution in [3.05, 3.63) is 66.5 Å². The van der Waals surface area contributed by atoms with Crippen LogP contribution in [0, 0.1) is 0 Å². The molecule has 2 fully saturated rings. The molecule has 0 amide bonds. The van der Waals surface area contributed by atoms with Crippen LogP contribution in [-0.4, -0.2) is 66.1 Å². The summed E-state index contributed by atoms with van der Waals surface area (Å²) in [6.45, 7) is 1.95. The van der Waals surface area contributed by atoms with Gasteiger partial charge in [0.2, 0.25) is 10.0 Å². The van der Waals surface area contributed by atoms with Gasteiger partial charge in [0.15, 0.2) is 0 Å².